The number of hydrogen-bond donors (Lipinski definition) is 2. The van der Waals surface area contributed by atoms with Crippen LogP contribution in [-0.2, 0) is 10.0 Å². The van der Waals surface area contributed by atoms with E-state index in [1.807, 2.05) is 13.0 Å². The van der Waals surface area contributed by atoms with Gasteiger partial charge in [0.05, 0.1) is 17.8 Å². The van der Waals surface area contributed by atoms with E-state index in [4.69, 9.17) is 9.56 Å². The van der Waals surface area contributed by atoms with E-state index in [9.17, 15) is 13.5 Å². The van der Waals surface area contributed by atoms with Gasteiger partial charge in [0.1, 0.15) is 5.76 Å². The molecule has 0 aliphatic heterocycles. The summed E-state index contributed by atoms with van der Waals surface area (Å²) in [7, 11) is -3.84. The quantitative estimate of drug-likeness (QED) is 0.855. The summed E-state index contributed by atoms with van der Waals surface area (Å²) < 4.78 is 28.9. The van der Waals surface area contributed by atoms with Crippen molar-refractivity contribution in [3.05, 3.63) is 54.0 Å². The van der Waals surface area contributed by atoms with Crippen LogP contribution in [0.25, 0.3) is 0 Å². The van der Waals surface area contributed by atoms with E-state index in [2.05, 4.69) is 0 Å². The fourth-order valence-electron chi connectivity index (χ4n) is 2.67. The molecule has 0 fully saturated rings. The van der Waals surface area contributed by atoms with Gasteiger partial charge in [0.15, 0.2) is 0 Å². The molecule has 1 aromatic carbocycles. The first kappa shape index (κ1) is 15.8. The third kappa shape index (κ3) is 3.34. The molecule has 0 spiro atoms. The van der Waals surface area contributed by atoms with E-state index in [0.717, 1.165) is 5.76 Å². The Kier molecular flexibility index (Phi) is 4.82. The molecule has 0 aliphatic carbocycles. The average Bonchev–Trinajstić information content (AvgIpc) is 2.97. The minimum Gasteiger partial charge on any atom is -0.469 e. The van der Waals surface area contributed by atoms with Crippen molar-refractivity contribution in [3.63, 3.8) is 0 Å². The average molecular weight is 309 g/mol. The molecule has 2 atom stereocenters. The first-order valence-corrected chi connectivity index (χ1v) is 8.29. The van der Waals surface area contributed by atoms with Crippen LogP contribution in [0.5, 0.6) is 0 Å². The van der Waals surface area contributed by atoms with Crippen molar-refractivity contribution in [1.82, 2.24) is 0 Å². The van der Waals surface area contributed by atoms with Gasteiger partial charge < -0.3 is 9.52 Å². The van der Waals surface area contributed by atoms with Crippen molar-refractivity contribution in [3.8, 4) is 0 Å². The van der Waals surface area contributed by atoms with Crippen LogP contribution in [0.3, 0.4) is 0 Å². The van der Waals surface area contributed by atoms with Crippen molar-refractivity contribution in [1.29, 1.82) is 0 Å². The number of furan rings is 1. The second kappa shape index (κ2) is 6.43. The zero-order valence-electron chi connectivity index (χ0n) is 11.8. The Labute approximate surface area is 124 Å². The summed E-state index contributed by atoms with van der Waals surface area (Å²) in [5.74, 6) is 0.212. The summed E-state index contributed by atoms with van der Waals surface area (Å²) in [6, 6.07) is 10.1. The van der Waals surface area contributed by atoms with Crippen LogP contribution in [-0.4, -0.2) is 20.1 Å². The van der Waals surface area contributed by atoms with Gasteiger partial charge in [-0.1, -0.05) is 25.1 Å². The summed E-state index contributed by atoms with van der Waals surface area (Å²) in [5.41, 5.74) is 0.519. The van der Waals surface area contributed by atoms with E-state index in [-0.39, 0.29) is 17.4 Å². The highest BCUT2D eigenvalue weighted by Gasteiger charge is 2.29. The number of nitrogens with two attached hydrogens (primary N) is 1. The summed E-state index contributed by atoms with van der Waals surface area (Å²) in [5, 5.41) is 15.1. The monoisotopic (exact) mass is 309 g/mol. The number of hydrogen-bond acceptors (Lipinski definition) is 4. The van der Waals surface area contributed by atoms with E-state index >= 15 is 0 Å². The van der Waals surface area contributed by atoms with Crippen LogP contribution in [0.1, 0.15) is 36.5 Å². The molecule has 0 saturated heterocycles. The van der Waals surface area contributed by atoms with Crippen LogP contribution in [0.4, 0.5) is 0 Å². The fraction of sp³-hybridized carbons (Fsp3) is 0.333. The standard InChI is InChI=1S/C15H19NO4S/c1-2-11(14-7-5-9-20-14)13(10-17)12-6-3-4-8-15(12)21(16,18)19/h3-9,11,13,17H,2,10H2,1H3,(H2,16,18,19)/t11-,13+/m1/s1. The number of aliphatic hydroxyl groups is 1. The van der Waals surface area contributed by atoms with Gasteiger partial charge in [0, 0.05) is 11.8 Å². The minimum absolute atomic E-state index is 0.0501. The van der Waals surface area contributed by atoms with Gasteiger partial charge in [-0.3, -0.25) is 0 Å². The molecule has 0 aliphatic rings. The molecule has 2 rings (SSSR count). The molecule has 0 radical (unpaired) electrons. The predicted molar refractivity (Wildman–Crippen MR) is 79.4 cm³/mol. The third-order valence-electron chi connectivity index (χ3n) is 3.66. The van der Waals surface area contributed by atoms with Gasteiger partial charge in [-0.25, -0.2) is 13.6 Å². The highest BCUT2D eigenvalue weighted by Crippen LogP contribution is 2.37. The largest absolute Gasteiger partial charge is 0.469 e. The fourth-order valence-corrected chi connectivity index (χ4v) is 3.49. The van der Waals surface area contributed by atoms with Crippen molar-refractivity contribution in [2.24, 2.45) is 5.14 Å². The maximum Gasteiger partial charge on any atom is 0.238 e. The molecule has 6 heteroatoms. The topological polar surface area (TPSA) is 93.5 Å². The van der Waals surface area contributed by atoms with E-state index in [1.54, 1.807) is 30.5 Å². The highest BCUT2D eigenvalue weighted by molar-refractivity contribution is 7.89. The molecule has 0 unspecified atom stereocenters. The van der Waals surface area contributed by atoms with E-state index < -0.39 is 15.9 Å². The van der Waals surface area contributed by atoms with Crippen molar-refractivity contribution < 1.29 is 17.9 Å². The Hall–Kier alpha value is -1.63. The lowest BCUT2D eigenvalue weighted by atomic mass is 9.83. The van der Waals surface area contributed by atoms with Crippen LogP contribution < -0.4 is 5.14 Å². The molecule has 21 heavy (non-hydrogen) atoms. The van der Waals surface area contributed by atoms with Gasteiger partial charge >= 0.3 is 0 Å². The summed E-state index contributed by atoms with van der Waals surface area (Å²) in [6.07, 6.45) is 2.27. The van der Waals surface area contributed by atoms with Crippen LogP contribution >= 0.6 is 0 Å². The Morgan fingerprint density at radius 1 is 1.19 bits per heavy atom. The van der Waals surface area contributed by atoms with Gasteiger partial charge in [-0.2, -0.15) is 0 Å². The van der Waals surface area contributed by atoms with Gasteiger partial charge in [-0.05, 0) is 30.2 Å². The Bertz CT molecular complexity index is 679. The molecule has 0 amide bonds. The van der Waals surface area contributed by atoms with Crippen molar-refractivity contribution in [2.45, 2.75) is 30.1 Å². The molecular formula is C15H19NO4S. The van der Waals surface area contributed by atoms with Crippen LogP contribution in [0.2, 0.25) is 0 Å². The highest BCUT2D eigenvalue weighted by atomic mass is 32.2. The zero-order valence-corrected chi connectivity index (χ0v) is 12.6. The molecule has 1 heterocycles. The first-order chi connectivity index (χ1) is 9.99. The SMILES string of the molecule is CC[C@@H](c1ccco1)[C@H](CO)c1ccccc1S(N)(=O)=O. The summed E-state index contributed by atoms with van der Waals surface area (Å²) in [6.45, 7) is 1.78. The molecule has 0 bridgehead atoms. The third-order valence-corrected chi connectivity index (χ3v) is 4.64. The lowest BCUT2D eigenvalue weighted by molar-refractivity contribution is 0.234. The number of benzene rings is 1. The molecule has 2 aromatic rings. The Morgan fingerprint density at radius 2 is 1.90 bits per heavy atom. The molecular weight excluding hydrogens is 290 g/mol. The Balaban J connectivity index is 2.52. The number of primary sulfonamides is 1. The second-order valence-corrected chi connectivity index (χ2v) is 6.43. The molecule has 0 saturated carbocycles. The zero-order chi connectivity index (χ0) is 15.5. The first-order valence-electron chi connectivity index (χ1n) is 6.75. The number of rotatable bonds is 6. The lowest BCUT2D eigenvalue weighted by Crippen LogP contribution is -2.20. The maximum absolute atomic E-state index is 11.7. The smallest absolute Gasteiger partial charge is 0.238 e. The number of aliphatic hydroxyl groups excluding tert-OH is 1. The molecule has 5 nitrogen and oxygen atoms in total. The summed E-state index contributed by atoms with van der Waals surface area (Å²) >= 11 is 0. The second-order valence-electron chi connectivity index (χ2n) is 4.90. The Morgan fingerprint density at radius 3 is 2.43 bits per heavy atom. The van der Waals surface area contributed by atoms with E-state index in [0.29, 0.717) is 12.0 Å². The van der Waals surface area contributed by atoms with Gasteiger partial charge in [0.2, 0.25) is 10.0 Å². The van der Waals surface area contributed by atoms with Gasteiger partial charge in [-0.15, -0.1) is 0 Å². The van der Waals surface area contributed by atoms with Gasteiger partial charge in [0.25, 0.3) is 0 Å². The molecule has 1 aromatic heterocycles. The normalized spacial score (nSPS) is 14.8. The van der Waals surface area contributed by atoms with Crippen molar-refractivity contribution in [2.75, 3.05) is 6.61 Å². The molecule has 114 valence electrons. The van der Waals surface area contributed by atoms with Crippen molar-refractivity contribution >= 4 is 10.0 Å². The van der Waals surface area contributed by atoms with Crippen LogP contribution in [0, 0.1) is 0 Å². The van der Waals surface area contributed by atoms with Crippen LogP contribution in [0.15, 0.2) is 52.0 Å². The maximum atomic E-state index is 11.7. The molecule has 3 N–H and O–H groups in total. The summed E-state index contributed by atoms with van der Waals surface area (Å²) in [4.78, 5) is 0.0501. The predicted octanol–water partition coefficient (Wildman–Crippen LogP) is 2.20. The number of sulfonamides is 1. The lowest BCUT2D eigenvalue weighted by Gasteiger charge is -2.24. The van der Waals surface area contributed by atoms with E-state index in [1.165, 1.54) is 6.07 Å². The minimum atomic E-state index is -3.84.